The molecule has 0 aromatic heterocycles. The van der Waals surface area contributed by atoms with Gasteiger partial charge in [-0.25, -0.2) is 0 Å². The summed E-state index contributed by atoms with van der Waals surface area (Å²) in [6.07, 6.45) is 2.06. The normalized spacial score (nSPS) is 12.7. The zero-order valence-electron chi connectivity index (χ0n) is 19.5. The summed E-state index contributed by atoms with van der Waals surface area (Å²) in [7, 11) is 0. The van der Waals surface area contributed by atoms with Gasteiger partial charge in [-0.3, -0.25) is 0 Å². The number of hydrogen-bond donors (Lipinski definition) is 0. The number of fused-ring (bicyclic) bond motifs is 6. The molecule has 0 atom stereocenters. The Morgan fingerprint density at radius 3 is 1.39 bits per heavy atom. The molecule has 33 heavy (non-hydrogen) atoms. The summed E-state index contributed by atoms with van der Waals surface area (Å²) < 4.78 is 0. The molecule has 0 saturated carbocycles. The van der Waals surface area contributed by atoms with Crippen molar-refractivity contribution >= 4 is 11.4 Å². The molecule has 0 heterocycles. The summed E-state index contributed by atoms with van der Waals surface area (Å²) in [6.45, 7) is 7.42. The van der Waals surface area contributed by atoms with Crippen molar-refractivity contribution < 1.29 is 0 Å². The zero-order chi connectivity index (χ0) is 22.4. The van der Waals surface area contributed by atoms with Gasteiger partial charge in [0, 0.05) is 37.3 Å². The van der Waals surface area contributed by atoms with E-state index in [4.69, 9.17) is 0 Å². The van der Waals surface area contributed by atoms with Crippen molar-refractivity contribution in [3.05, 3.63) is 107 Å². The summed E-state index contributed by atoms with van der Waals surface area (Å²) in [5.74, 6) is 0. The molecule has 0 saturated heterocycles. The van der Waals surface area contributed by atoms with Gasteiger partial charge in [-0.1, -0.05) is 72.8 Å². The first-order chi connectivity index (χ1) is 16.3. The van der Waals surface area contributed by atoms with Gasteiger partial charge in [-0.2, -0.15) is 0 Å². The predicted molar refractivity (Wildman–Crippen MR) is 140 cm³/mol. The fourth-order valence-corrected chi connectivity index (χ4v) is 5.77. The van der Waals surface area contributed by atoms with Crippen LogP contribution in [0.2, 0.25) is 0 Å². The van der Waals surface area contributed by atoms with Crippen molar-refractivity contribution in [1.82, 2.24) is 0 Å². The van der Waals surface area contributed by atoms with E-state index in [2.05, 4.69) is 109 Å². The van der Waals surface area contributed by atoms with E-state index in [0.717, 1.165) is 32.6 Å². The fraction of sp³-hybridized carbons (Fsp3) is 0.226. The van der Waals surface area contributed by atoms with Gasteiger partial charge in [0.15, 0.2) is 0 Å². The Morgan fingerprint density at radius 1 is 0.515 bits per heavy atom. The van der Waals surface area contributed by atoms with E-state index >= 15 is 0 Å². The van der Waals surface area contributed by atoms with Crippen LogP contribution >= 0.6 is 0 Å². The SMILES string of the molecule is CCN(CN(CC)c1cccc2c1Cc1ccccc1-2)c1cccc2c1Cc1ccccc1-2. The Bertz CT molecular complexity index is 1230. The molecule has 4 aromatic carbocycles. The minimum absolute atomic E-state index is 0.895. The highest BCUT2D eigenvalue weighted by molar-refractivity contribution is 5.84. The molecule has 2 aliphatic carbocycles. The third-order valence-electron chi connectivity index (χ3n) is 7.44. The predicted octanol–water partition coefficient (Wildman–Crippen LogP) is 7.14. The summed E-state index contributed by atoms with van der Waals surface area (Å²) in [4.78, 5) is 5.10. The first-order valence-electron chi connectivity index (χ1n) is 12.2. The quantitative estimate of drug-likeness (QED) is 0.259. The second-order valence-corrected chi connectivity index (χ2v) is 9.13. The molecule has 6 rings (SSSR count). The lowest BCUT2D eigenvalue weighted by Gasteiger charge is -2.34. The van der Waals surface area contributed by atoms with E-state index < -0.39 is 0 Å². The van der Waals surface area contributed by atoms with Gasteiger partial charge < -0.3 is 9.80 Å². The van der Waals surface area contributed by atoms with Crippen LogP contribution < -0.4 is 9.80 Å². The molecule has 0 unspecified atom stereocenters. The molecule has 0 radical (unpaired) electrons. The zero-order valence-corrected chi connectivity index (χ0v) is 19.5. The fourth-order valence-electron chi connectivity index (χ4n) is 5.77. The Hall–Kier alpha value is -3.52. The number of benzene rings is 4. The van der Waals surface area contributed by atoms with Crippen LogP contribution in [0.4, 0.5) is 11.4 Å². The monoisotopic (exact) mass is 430 g/mol. The van der Waals surface area contributed by atoms with E-state index in [1.165, 1.54) is 55.9 Å². The van der Waals surface area contributed by atoms with Crippen LogP contribution in [0.15, 0.2) is 84.9 Å². The summed E-state index contributed by atoms with van der Waals surface area (Å²) in [5, 5.41) is 0. The van der Waals surface area contributed by atoms with Crippen molar-refractivity contribution in [2.45, 2.75) is 26.7 Å². The molecular weight excluding hydrogens is 400 g/mol. The van der Waals surface area contributed by atoms with E-state index in [1.807, 2.05) is 0 Å². The maximum atomic E-state index is 2.55. The van der Waals surface area contributed by atoms with Crippen LogP contribution in [0.1, 0.15) is 36.1 Å². The highest BCUT2D eigenvalue weighted by atomic mass is 15.3. The minimum Gasteiger partial charge on any atom is -0.354 e. The van der Waals surface area contributed by atoms with Crippen LogP contribution in [0.3, 0.4) is 0 Å². The first-order valence-corrected chi connectivity index (χ1v) is 12.2. The first kappa shape index (κ1) is 20.1. The standard InChI is InChI=1S/C31H30N2/c1-3-32(30-17-9-15-26-24-13-7-5-11-22(24)19-28(26)30)21-33(4-2)31-18-10-16-27-25-14-8-6-12-23(25)20-29(27)31/h5-18H,3-4,19-21H2,1-2H3. The van der Waals surface area contributed by atoms with Gasteiger partial charge in [0.2, 0.25) is 0 Å². The molecule has 0 fully saturated rings. The van der Waals surface area contributed by atoms with Crippen molar-refractivity contribution in [2.75, 3.05) is 29.6 Å². The summed E-state index contributed by atoms with van der Waals surface area (Å²) in [6, 6.07) is 31.4. The van der Waals surface area contributed by atoms with Gasteiger partial charge in [0.25, 0.3) is 0 Å². The highest BCUT2D eigenvalue weighted by Crippen LogP contribution is 2.43. The number of nitrogens with zero attached hydrogens (tertiary/aromatic N) is 2. The van der Waals surface area contributed by atoms with E-state index in [1.54, 1.807) is 0 Å². The molecule has 164 valence electrons. The average molecular weight is 431 g/mol. The van der Waals surface area contributed by atoms with Gasteiger partial charge in [0.05, 0.1) is 6.67 Å². The summed E-state index contributed by atoms with van der Waals surface area (Å²) >= 11 is 0. The second-order valence-electron chi connectivity index (χ2n) is 9.13. The molecule has 0 bridgehead atoms. The third kappa shape index (κ3) is 3.24. The molecule has 4 aromatic rings. The third-order valence-corrected chi connectivity index (χ3v) is 7.44. The highest BCUT2D eigenvalue weighted by Gasteiger charge is 2.26. The van der Waals surface area contributed by atoms with Crippen LogP contribution in [-0.2, 0) is 12.8 Å². The van der Waals surface area contributed by atoms with Gasteiger partial charge in [0.1, 0.15) is 0 Å². The average Bonchev–Trinajstić information content (AvgIpc) is 3.44. The summed E-state index contributed by atoms with van der Waals surface area (Å²) in [5.41, 5.74) is 14.2. The van der Waals surface area contributed by atoms with Gasteiger partial charge >= 0.3 is 0 Å². The van der Waals surface area contributed by atoms with E-state index in [9.17, 15) is 0 Å². The molecule has 2 heteroatoms. The van der Waals surface area contributed by atoms with Gasteiger partial charge in [-0.05, 0) is 70.5 Å². The Labute approximate surface area is 197 Å². The molecular formula is C31H30N2. The van der Waals surface area contributed by atoms with Crippen molar-refractivity contribution in [2.24, 2.45) is 0 Å². The van der Waals surface area contributed by atoms with E-state index in [-0.39, 0.29) is 0 Å². The maximum absolute atomic E-state index is 2.55. The van der Waals surface area contributed by atoms with Crippen LogP contribution in [-0.4, -0.2) is 19.8 Å². The van der Waals surface area contributed by atoms with Crippen molar-refractivity contribution in [3.8, 4) is 22.3 Å². The maximum Gasteiger partial charge on any atom is 0.0902 e. The Balaban J connectivity index is 1.35. The molecule has 0 amide bonds. The lowest BCUT2D eigenvalue weighted by Crippen LogP contribution is -2.39. The number of anilines is 2. The molecule has 0 N–H and O–H groups in total. The topological polar surface area (TPSA) is 6.48 Å². The lowest BCUT2D eigenvalue weighted by molar-refractivity contribution is 0.749. The van der Waals surface area contributed by atoms with Crippen molar-refractivity contribution in [1.29, 1.82) is 0 Å². The molecule has 0 aliphatic heterocycles. The van der Waals surface area contributed by atoms with Crippen LogP contribution in [0, 0.1) is 0 Å². The Kier molecular flexibility index (Phi) is 4.95. The Morgan fingerprint density at radius 2 is 0.939 bits per heavy atom. The molecule has 0 spiro atoms. The van der Waals surface area contributed by atoms with E-state index in [0.29, 0.717) is 0 Å². The van der Waals surface area contributed by atoms with Crippen LogP contribution in [0.5, 0.6) is 0 Å². The largest absolute Gasteiger partial charge is 0.354 e. The number of hydrogen-bond acceptors (Lipinski definition) is 2. The lowest BCUT2D eigenvalue weighted by atomic mass is 10.0. The van der Waals surface area contributed by atoms with Gasteiger partial charge in [-0.15, -0.1) is 0 Å². The minimum atomic E-state index is 0.895. The smallest absolute Gasteiger partial charge is 0.0902 e. The molecule has 2 nitrogen and oxygen atoms in total. The second kappa shape index (κ2) is 8.12. The molecule has 2 aliphatic rings. The van der Waals surface area contributed by atoms with Crippen LogP contribution in [0.25, 0.3) is 22.3 Å². The number of rotatable bonds is 6. The van der Waals surface area contributed by atoms with Crippen molar-refractivity contribution in [3.63, 3.8) is 0 Å².